The Kier molecular flexibility index (Phi) is 5.61. The van der Waals surface area contributed by atoms with Gasteiger partial charge in [0.05, 0.1) is 0 Å². The summed E-state index contributed by atoms with van der Waals surface area (Å²) in [5.74, 6) is -0.113. The van der Waals surface area contributed by atoms with Crippen molar-refractivity contribution in [1.82, 2.24) is 10.2 Å². The molecule has 0 aliphatic carbocycles. The lowest BCUT2D eigenvalue weighted by Gasteiger charge is -2.32. The lowest BCUT2D eigenvalue weighted by Crippen LogP contribution is -2.46. The molecule has 0 saturated carbocycles. The van der Waals surface area contributed by atoms with Crippen LogP contribution in [0.4, 0.5) is 0 Å². The summed E-state index contributed by atoms with van der Waals surface area (Å²) < 4.78 is 0. The normalized spacial score (nSPS) is 15.0. The molecular formula is C19H18Cl2N2O2. The van der Waals surface area contributed by atoms with Crippen LogP contribution in [-0.2, 0) is 0 Å². The first-order valence-electron chi connectivity index (χ1n) is 8.14. The Morgan fingerprint density at radius 1 is 0.840 bits per heavy atom. The minimum absolute atomic E-state index is 0.000792. The number of carbonyl (C=O) groups is 2. The van der Waals surface area contributed by atoms with Crippen LogP contribution >= 0.6 is 23.2 Å². The van der Waals surface area contributed by atoms with Gasteiger partial charge in [0, 0.05) is 40.3 Å². The van der Waals surface area contributed by atoms with Crippen molar-refractivity contribution in [2.75, 3.05) is 13.1 Å². The molecule has 3 rings (SSSR count). The molecule has 2 amide bonds. The first kappa shape index (κ1) is 17.8. The number of nitrogens with zero attached hydrogens (tertiary/aromatic N) is 1. The van der Waals surface area contributed by atoms with Gasteiger partial charge in [0.15, 0.2) is 0 Å². The van der Waals surface area contributed by atoms with Crippen LogP contribution in [0.3, 0.4) is 0 Å². The zero-order chi connectivity index (χ0) is 17.8. The molecule has 0 bridgehead atoms. The van der Waals surface area contributed by atoms with Crippen LogP contribution < -0.4 is 5.32 Å². The molecule has 2 aromatic carbocycles. The third-order valence-electron chi connectivity index (χ3n) is 4.31. The summed E-state index contributed by atoms with van der Waals surface area (Å²) in [6, 6.07) is 13.8. The quantitative estimate of drug-likeness (QED) is 0.878. The number of likely N-dealkylation sites (tertiary alicyclic amines) is 1. The predicted octanol–water partition coefficient (Wildman–Crippen LogP) is 4.03. The van der Waals surface area contributed by atoms with Gasteiger partial charge in [-0.25, -0.2) is 0 Å². The second-order valence-electron chi connectivity index (χ2n) is 6.05. The molecule has 0 aromatic heterocycles. The molecule has 1 aliphatic heterocycles. The second-order valence-corrected chi connectivity index (χ2v) is 6.93. The Morgan fingerprint density at radius 2 is 1.32 bits per heavy atom. The molecule has 1 aliphatic rings. The fraction of sp³-hybridized carbons (Fsp3) is 0.263. The van der Waals surface area contributed by atoms with E-state index in [-0.39, 0.29) is 17.9 Å². The zero-order valence-corrected chi connectivity index (χ0v) is 15.1. The number of benzene rings is 2. The molecule has 0 spiro atoms. The molecule has 4 nitrogen and oxygen atoms in total. The molecular weight excluding hydrogens is 359 g/mol. The van der Waals surface area contributed by atoms with Crippen molar-refractivity contribution in [3.05, 3.63) is 69.7 Å². The minimum Gasteiger partial charge on any atom is -0.349 e. The first-order valence-corrected chi connectivity index (χ1v) is 8.90. The maximum absolute atomic E-state index is 12.5. The lowest BCUT2D eigenvalue weighted by molar-refractivity contribution is 0.0698. The summed E-state index contributed by atoms with van der Waals surface area (Å²) in [5.41, 5.74) is 1.22. The summed E-state index contributed by atoms with van der Waals surface area (Å²) >= 11 is 11.7. The number of rotatable bonds is 3. The smallest absolute Gasteiger partial charge is 0.253 e. The Bertz CT molecular complexity index is 752. The van der Waals surface area contributed by atoms with Crippen molar-refractivity contribution in [1.29, 1.82) is 0 Å². The number of hydrogen-bond donors (Lipinski definition) is 1. The number of halogens is 2. The molecule has 130 valence electrons. The summed E-state index contributed by atoms with van der Waals surface area (Å²) in [5, 5.41) is 4.24. The van der Waals surface area contributed by atoms with Crippen LogP contribution in [0.5, 0.6) is 0 Å². The third kappa shape index (κ3) is 4.53. The van der Waals surface area contributed by atoms with Crippen LogP contribution in [0.25, 0.3) is 0 Å². The van der Waals surface area contributed by atoms with Gasteiger partial charge in [0.25, 0.3) is 11.8 Å². The monoisotopic (exact) mass is 376 g/mol. The van der Waals surface area contributed by atoms with E-state index >= 15 is 0 Å². The molecule has 25 heavy (non-hydrogen) atoms. The molecule has 6 heteroatoms. The Morgan fingerprint density at radius 3 is 1.84 bits per heavy atom. The maximum atomic E-state index is 12.5. The van der Waals surface area contributed by atoms with Gasteiger partial charge < -0.3 is 10.2 Å². The van der Waals surface area contributed by atoms with Crippen molar-refractivity contribution in [2.24, 2.45) is 0 Å². The average Bonchev–Trinajstić information content (AvgIpc) is 2.63. The molecule has 2 aromatic rings. The summed E-state index contributed by atoms with van der Waals surface area (Å²) in [4.78, 5) is 26.5. The van der Waals surface area contributed by atoms with Crippen LogP contribution in [0.15, 0.2) is 48.5 Å². The number of hydrogen-bond acceptors (Lipinski definition) is 2. The third-order valence-corrected chi connectivity index (χ3v) is 4.82. The Hall–Kier alpha value is -2.04. The van der Waals surface area contributed by atoms with Gasteiger partial charge in [-0.15, -0.1) is 0 Å². The van der Waals surface area contributed by atoms with Crippen molar-refractivity contribution in [2.45, 2.75) is 18.9 Å². The minimum atomic E-state index is -0.112. The summed E-state index contributed by atoms with van der Waals surface area (Å²) in [6.45, 7) is 1.24. The Labute approximate surface area is 156 Å². The van der Waals surface area contributed by atoms with Gasteiger partial charge in [0.2, 0.25) is 0 Å². The standard InChI is InChI=1S/C19H18Cl2N2O2/c20-15-5-1-13(2-6-15)18(24)22-17-9-11-23(12-10-17)19(25)14-3-7-16(21)8-4-14/h1-8,17H,9-12H2,(H,22,24). The largest absolute Gasteiger partial charge is 0.349 e. The van der Waals surface area contributed by atoms with E-state index in [1.54, 1.807) is 48.5 Å². The molecule has 0 unspecified atom stereocenters. The fourth-order valence-electron chi connectivity index (χ4n) is 2.87. The SMILES string of the molecule is O=C(NC1CCN(C(=O)c2ccc(Cl)cc2)CC1)c1ccc(Cl)cc1. The van der Waals surface area contributed by atoms with Gasteiger partial charge >= 0.3 is 0 Å². The first-order chi connectivity index (χ1) is 12.0. The molecule has 1 heterocycles. The van der Waals surface area contributed by atoms with Gasteiger partial charge in [-0.2, -0.15) is 0 Å². The van der Waals surface area contributed by atoms with Crippen LogP contribution in [0.2, 0.25) is 10.0 Å². The van der Waals surface area contributed by atoms with E-state index in [0.29, 0.717) is 34.3 Å². The second kappa shape index (κ2) is 7.89. The topological polar surface area (TPSA) is 49.4 Å². The molecule has 0 atom stereocenters. The van der Waals surface area contributed by atoms with Crippen molar-refractivity contribution in [3.63, 3.8) is 0 Å². The van der Waals surface area contributed by atoms with E-state index in [2.05, 4.69) is 5.32 Å². The summed E-state index contributed by atoms with van der Waals surface area (Å²) in [6.07, 6.45) is 1.47. The van der Waals surface area contributed by atoms with Gasteiger partial charge in [-0.3, -0.25) is 9.59 Å². The van der Waals surface area contributed by atoms with Crippen LogP contribution in [0, 0.1) is 0 Å². The lowest BCUT2D eigenvalue weighted by atomic mass is 10.0. The van der Waals surface area contributed by atoms with E-state index in [4.69, 9.17) is 23.2 Å². The van der Waals surface area contributed by atoms with E-state index in [1.807, 2.05) is 4.90 Å². The fourth-order valence-corrected chi connectivity index (χ4v) is 3.12. The molecule has 0 radical (unpaired) electrons. The maximum Gasteiger partial charge on any atom is 0.253 e. The van der Waals surface area contributed by atoms with E-state index in [9.17, 15) is 9.59 Å². The summed E-state index contributed by atoms with van der Waals surface area (Å²) in [7, 11) is 0. The zero-order valence-electron chi connectivity index (χ0n) is 13.5. The number of piperidine rings is 1. The van der Waals surface area contributed by atoms with Crippen molar-refractivity contribution in [3.8, 4) is 0 Å². The van der Waals surface area contributed by atoms with Gasteiger partial charge in [0.1, 0.15) is 0 Å². The highest BCUT2D eigenvalue weighted by Gasteiger charge is 2.24. The molecule has 1 N–H and O–H groups in total. The van der Waals surface area contributed by atoms with Crippen LogP contribution in [-0.4, -0.2) is 35.8 Å². The van der Waals surface area contributed by atoms with Crippen molar-refractivity contribution < 1.29 is 9.59 Å². The van der Waals surface area contributed by atoms with Gasteiger partial charge in [-0.05, 0) is 61.4 Å². The highest BCUT2D eigenvalue weighted by atomic mass is 35.5. The van der Waals surface area contributed by atoms with Crippen LogP contribution in [0.1, 0.15) is 33.6 Å². The van der Waals surface area contributed by atoms with E-state index < -0.39 is 0 Å². The van der Waals surface area contributed by atoms with Crippen molar-refractivity contribution >= 4 is 35.0 Å². The Balaban J connectivity index is 1.53. The molecule has 1 fully saturated rings. The number of nitrogens with one attached hydrogen (secondary N) is 1. The highest BCUT2D eigenvalue weighted by Crippen LogP contribution is 2.17. The van der Waals surface area contributed by atoms with Gasteiger partial charge in [-0.1, -0.05) is 23.2 Å². The highest BCUT2D eigenvalue weighted by molar-refractivity contribution is 6.31. The van der Waals surface area contributed by atoms with E-state index in [0.717, 1.165) is 12.8 Å². The number of amides is 2. The number of carbonyl (C=O) groups excluding carboxylic acids is 2. The van der Waals surface area contributed by atoms with E-state index in [1.165, 1.54) is 0 Å². The average molecular weight is 377 g/mol. The molecule has 1 saturated heterocycles. The predicted molar refractivity (Wildman–Crippen MR) is 99.3 cm³/mol.